The van der Waals surface area contributed by atoms with E-state index in [0.717, 1.165) is 52.9 Å². The van der Waals surface area contributed by atoms with Crippen LogP contribution in [0.2, 0.25) is 10.0 Å². The Hall–Kier alpha value is -3.12. The normalized spacial score (nSPS) is 12.9. The number of ether oxygens (including phenoxy) is 1. The van der Waals surface area contributed by atoms with Crippen LogP contribution in [-0.2, 0) is 26.0 Å². The number of hydrogen-bond donors (Lipinski definition) is 1. The van der Waals surface area contributed by atoms with Crippen molar-refractivity contribution in [3.63, 3.8) is 0 Å². The first-order valence-electron chi connectivity index (χ1n) is 12.2. The molecule has 1 N–H and O–H groups in total. The molecule has 0 spiro atoms. The third-order valence-electron chi connectivity index (χ3n) is 6.29. The summed E-state index contributed by atoms with van der Waals surface area (Å²) >= 11 is 13.8. The highest BCUT2D eigenvalue weighted by Crippen LogP contribution is 2.40. The smallest absolute Gasteiger partial charge is 0.254 e. The molecule has 1 aliphatic carbocycles. The molecule has 4 nitrogen and oxygen atoms in total. The van der Waals surface area contributed by atoms with E-state index in [9.17, 15) is 4.79 Å². The standard InChI is InChI=1S/C30H26Cl2N2O2S/c31-24-15-14-21(16-25(24)32)19-36-26-12-6-4-10-22(26)18-34-30-28(23-11-5-7-13-27(23)37-30)29(35)33-17-20-8-2-1-3-9-20/h1-4,6,8-10,12,14-16,18H,5,7,11,13,17,19H2,(H,33,35). The lowest BCUT2D eigenvalue weighted by Crippen LogP contribution is -2.24. The summed E-state index contributed by atoms with van der Waals surface area (Å²) in [4.78, 5) is 19.4. The van der Waals surface area contributed by atoms with E-state index in [1.165, 1.54) is 4.88 Å². The first-order chi connectivity index (χ1) is 18.1. The molecule has 1 aliphatic rings. The van der Waals surface area contributed by atoms with Crippen LogP contribution in [0.25, 0.3) is 0 Å². The zero-order valence-electron chi connectivity index (χ0n) is 20.2. The molecule has 1 amide bonds. The van der Waals surface area contributed by atoms with Crippen molar-refractivity contribution in [3.05, 3.63) is 116 Å². The SMILES string of the molecule is O=C(NCc1ccccc1)c1c(N=Cc2ccccc2OCc2ccc(Cl)c(Cl)c2)sc2c1CCCC2. The van der Waals surface area contributed by atoms with Gasteiger partial charge in [0.1, 0.15) is 17.4 Å². The highest BCUT2D eigenvalue weighted by atomic mass is 35.5. The number of aliphatic imine (C=N–C) groups is 1. The maximum Gasteiger partial charge on any atom is 0.254 e. The number of rotatable bonds is 8. The van der Waals surface area contributed by atoms with Crippen molar-refractivity contribution in [1.82, 2.24) is 5.32 Å². The molecule has 0 saturated heterocycles. The van der Waals surface area contributed by atoms with Crippen LogP contribution in [0.5, 0.6) is 5.75 Å². The number of aryl methyl sites for hydroxylation is 1. The van der Waals surface area contributed by atoms with Gasteiger partial charge in [-0.2, -0.15) is 0 Å². The Morgan fingerprint density at radius 3 is 2.57 bits per heavy atom. The van der Waals surface area contributed by atoms with E-state index in [1.54, 1.807) is 29.7 Å². The first kappa shape index (κ1) is 25.5. The Morgan fingerprint density at radius 1 is 0.946 bits per heavy atom. The van der Waals surface area contributed by atoms with Crippen molar-refractivity contribution < 1.29 is 9.53 Å². The van der Waals surface area contributed by atoms with Gasteiger partial charge in [0.25, 0.3) is 5.91 Å². The molecule has 0 aliphatic heterocycles. The fourth-order valence-corrected chi connectivity index (χ4v) is 5.93. The molecule has 0 fully saturated rings. The zero-order valence-corrected chi connectivity index (χ0v) is 22.5. The van der Waals surface area contributed by atoms with Gasteiger partial charge in [-0.05, 0) is 66.6 Å². The zero-order chi connectivity index (χ0) is 25.6. The first-order valence-corrected chi connectivity index (χ1v) is 13.8. The predicted octanol–water partition coefficient (Wildman–Crippen LogP) is 8.19. The molecule has 0 bridgehead atoms. The lowest BCUT2D eigenvalue weighted by atomic mass is 9.95. The number of halogens is 2. The van der Waals surface area contributed by atoms with E-state index in [0.29, 0.717) is 34.5 Å². The molecule has 1 heterocycles. The second-order valence-corrected chi connectivity index (χ2v) is 10.8. The number of thiophene rings is 1. The summed E-state index contributed by atoms with van der Waals surface area (Å²) in [6.45, 7) is 0.834. The van der Waals surface area contributed by atoms with E-state index in [1.807, 2.05) is 60.7 Å². The molecule has 0 saturated carbocycles. The van der Waals surface area contributed by atoms with Crippen molar-refractivity contribution in [2.75, 3.05) is 0 Å². The van der Waals surface area contributed by atoms with Crippen LogP contribution in [0.15, 0.2) is 77.8 Å². The van der Waals surface area contributed by atoms with Crippen LogP contribution in [-0.4, -0.2) is 12.1 Å². The number of nitrogens with zero attached hydrogens (tertiary/aromatic N) is 1. The average molecular weight is 550 g/mol. The van der Waals surface area contributed by atoms with E-state index in [2.05, 4.69) is 5.32 Å². The molecule has 7 heteroatoms. The fraction of sp³-hybridized carbons (Fsp3) is 0.200. The van der Waals surface area contributed by atoms with Gasteiger partial charge >= 0.3 is 0 Å². The topological polar surface area (TPSA) is 50.7 Å². The van der Waals surface area contributed by atoms with Gasteiger partial charge in [0, 0.05) is 23.2 Å². The van der Waals surface area contributed by atoms with Crippen LogP contribution in [0.4, 0.5) is 5.00 Å². The van der Waals surface area contributed by atoms with Crippen LogP contribution < -0.4 is 10.1 Å². The quantitative estimate of drug-likeness (QED) is 0.225. The van der Waals surface area contributed by atoms with E-state index in [-0.39, 0.29) is 5.91 Å². The minimum Gasteiger partial charge on any atom is -0.488 e. The van der Waals surface area contributed by atoms with E-state index >= 15 is 0 Å². The van der Waals surface area contributed by atoms with Crippen molar-refractivity contribution in [3.8, 4) is 5.75 Å². The number of carbonyl (C=O) groups is 1. The van der Waals surface area contributed by atoms with Gasteiger partial charge in [0.2, 0.25) is 0 Å². The number of hydrogen-bond acceptors (Lipinski definition) is 4. The Balaban J connectivity index is 1.37. The molecule has 0 atom stereocenters. The lowest BCUT2D eigenvalue weighted by molar-refractivity contribution is 0.0951. The van der Waals surface area contributed by atoms with Gasteiger partial charge < -0.3 is 10.1 Å². The molecule has 0 radical (unpaired) electrons. The highest BCUT2D eigenvalue weighted by molar-refractivity contribution is 7.16. The molecule has 5 rings (SSSR count). The minimum absolute atomic E-state index is 0.0699. The molecule has 0 unspecified atom stereocenters. The summed E-state index contributed by atoms with van der Waals surface area (Å²) in [7, 11) is 0. The molecule has 3 aromatic carbocycles. The van der Waals surface area contributed by atoms with E-state index in [4.69, 9.17) is 32.9 Å². The Kier molecular flexibility index (Phi) is 8.24. The molecule has 1 aromatic heterocycles. The van der Waals surface area contributed by atoms with Crippen LogP contribution in [0.3, 0.4) is 0 Å². The third kappa shape index (κ3) is 6.24. The second kappa shape index (κ2) is 12.0. The maximum absolute atomic E-state index is 13.3. The maximum atomic E-state index is 13.3. The Labute approximate surface area is 230 Å². The van der Waals surface area contributed by atoms with Gasteiger partial charge in [-0.1, -0.05) is 71.7 Å². The number of fused-ring (bicyclic) bond motifs is 1. The molecular formula is C30H26Cl2N2O2S. The summed E-state index contributed by atoms with van der Waals surface area (Å²) in [5.41, 5.74) is 4.69. The van der Waals surface area contributed by atoms with Gasteiger partial charge in [-0.15, -0.1) is 11.3 Å². The summed E-state index contributed by atoms with van der Waals surface area (Å²) < 4.78 is 6.08. The van der Waals surface area contributed by atoms with Crippen LogP contribution in [0, 0.1) is 0 Å². The van der Waals surface area contributed by atoms with E-state index < -0.39 is 0 Å². The molecule has 188 valence electrons. The number of para-hydroxylation sites is 1. The molecular weight excluding hydrogens is 523 g/mol. The van der Waals surface area contributed by atoms with Crippen LogP contribution >= 0.6 is 34.5 Å². The summed E-state index contributed by atoms with van der Waals surface area (Å²) in [5.74, 6) is 0.633. The third-order valence-corrected chi connectivity index (χ3v) is 8.23. The van der Waals surface area contributed by atoms with Crippen molar-refractivity contribution >= 4 is 51.7 Å². The van der Waals surface area contributed by atoms with Crippen LogP contribution in [0.1, 0.15) is 50.3 Å². The minimum atomic E-state index is -0.0699. The predicted molar refractivity (Wildman–Crippen MR) is 153 cm³/mol. The second-order valence-electron chi connectivity index (χ2n) is 8.89. The average Bonchev–Trinajstić information content (AvgIpc) is 3.31. The number of nitrogens with one attached hydrogen (secondary N) is 1. The fourth-order valence-electron chi connectivity index (χ4n) is 4.38. The van der Waals surface area contributed by atoms with Gasteiger partial charge in [0.05, 0.1) is 15.6 Å². The van der Waals surface area contributed by atoms with Gasteiger partial charge in [0.15, 0.2) is 0 Å². The summed E-state index contributed by atoms with van der Waals surface area (Å²) in [6, 6.07) is 23.1. The molecule has 4 aromatic rings. The summed E-state index contributed by atoms with van der Waals surface area (Å²) in [6.07, 6.45) is 5.94. The molecule has 37 heavy (non-hydrogen) atoms. The number of carbonyl (C=O) groups excluding carboxylic acids is 1. The number of amides is 1. The lowest BCUT2D eigenvalue weighted by Gasteiger charge is -2.13. The number of benzene rings is 3. The highest BCUT2D eigenvalue weighted by Gasteiger charge is 2.25. The van der Waals surface area contributed by atoms with Crippen molar-refractivity contribution in [2.24, 2.45) is 4.99 Å². The Bertz CT molecular complexity index is 1430. The Morgan fingerprint density at radius 2 is 1.73 bits per heavy atom. The van der Waals surface area contributed by atoms with Gasteiger partial charge in [-0.25, -0.2) is 4.99 Å². The monoisotopic (exact) mass is 548 g/mol. The summed E-state index contributed by atoms with van der Waals surface area (Å²) in [5, 5.41) is 4.86. The van der Waals surface area contributed by atoms with Gasteiger partial charge in [-0.3, -0.25) is 4.79 Å². The van der Waals surface area contributed by atoms with Crippen molar-refractivity contribution in [2.45, 2.75) is 38.8 Å². The largest absolute Gasteiger partial charge is 0.488 e. The van der Waals surface area contributed by atoms with Crippen molar-refractivity contribution in [1.29, 1.82) is 0 Å².